The summed E-state index contributed by atoms with van der Waals surface area (Å²) >= 11 is 3.56. The Bertz CT molecular complexity index is 616. The molecule has 0 aliphatic heterocycles. The van der Waals surface area contributed by atoms with Crippen LogP contribution in [0.2, 0.25) is 0 Å². The first-order valence-electron chi connectivity index (χ1n) is 7.82. The monoisotopic (exact) mass is 376 g/mol. The van der Waals surface area contributed by atoms with E-state index in [0.717, 1.165) is 36.4 Å². The van der Waals surface area contributed by atoms with Gasteiger partial charge in [-0.3, -0.25) is 4.90 Å². The third-order valence-electron chi connectivity index (χ3n) is 3.75. The average molecular weight is 377 g/mol. The van der Waals surface area contributed by atoms with Crippen LogP contribution in [0, 0.1) is 0 Å². The van der Waals surface area contributed by atoms with Crippen LogP contribution in [0.5, 0.6) is 5.75 Å². The number of likely N-dealkylation sites (N-methyl/N-ethyl adjacent to an activating group) is 1. The van der Waals surface area contributed by atoms with Gasteiger partial charge in [0.05, 0.1) is 7.11 Å². The van der Waals surface area contributed by atoms with Crippen LogP contribution in [-0.2, 0) is 13.1 Å². The van der Waals surface area contributed by atoms with Crippen LogP contribution in [0.15, 0.2) is 53.0 Å². The van der Waals surface area contributed by atoms with Gasteiger partial charge in [0.25, 0.3) is 0 Å². The van der Waals surface area contributed by atoms with Crippen molar-refractivity contribution in [2.75, 3.05) is 34.3 Å². The van der Waals surface area contributed by atoms with Crippen LogP contribution in [-0.4, -0.2) is 44.1 Å². The van der Waals surface area contributed by atoms with Gasteiger partial charge in [0, 0.05) is 36.2 Å². The zero-order chi connectivity index (χ0) is 16.7. The van der Waals surface area contributed by atoms with E-state index < -0.39 is 0 Å². The van der Waals surface area contributed by atoms with Gasteiger partial charge in [-0.05, 0) is 37.9 Å². The van der Waals surface area contributed by atoms with Crippen molar-refractivity contribution in [1.29, 1.82) is 0 Å². The first-order chi connectivity index (χ1) is 11.1. The minimum Gasteiger partial charge on any atom is -0.496 e. The van der Waals surface area contributed by atoms with Gasteiger partial charge in [-0.15, -0.1) is 0 Å². The maximum Gasteiger partial charge on any atom is 0.123 e. The highest BCUT2D eigenvalue weighted by Crippen LogP contribution is 2.21. The van der Waals surface area contributed by atoms with E-state index in [1.54, 1.807) is 7.11 Å². The second-order valence-corrected chi connectivity index (χ2v) is 6.87. The number of halogens is 1. The van der Waals surface area contributed by atoms with Gasteiger partial charge < -0.3 is 9.64 Å². The molecule has 0 atom stereocenters. The molecule has 0 radical (unpaired) electrons. The number of nitrogens with zero attached hydrogens (tertiary/aromatic N) is 2. The Morgan fingerprint density at radius 1 is 0.957 bits per heavy atom. The van der Waals surface area contributed by atoms with Crippen LogP contribution in [0.25, 0.3) is 0 Å². The van der Waals surface area contributed by atoms with Crippen LogP contribution in [0.1, 0.15) is 11.1 Å². The van der Waals surface area contributed by atoms with Gasteiger partial charge >= 0.3 is 0 Å². The van der Waals surface area contributed by atoms with E-state index >= 15 is 0 Å². The molecule has 2 aromatic carbocycles. The highest BCUT2D eigenvalue weighted by atomic mass is 79.9. The van der Waals surface area contributed by atoms with Crippen molar-refractivity contribution >= 4 is 15.9 Å². The molecule has 2 rings (SSSR count). The summed E-state index contributed by atoms with van der Waals surface area (Å²) in [6.07, 6.45) is 0. The van der Waals surface area contributed by atoms with Crippen molar-refractivity contribution in [3.63, 3.8) is 0 Å². The Labute approximate surface area is 148 Å². The number of para-hydroxylation sites is 1. The molecule has 0 aromatic heterocycles. The lowest BCUT2D eigenvalue weighted by molar-refractivity contribution is 0.223. The predicted octanol–water partition coefficient (Wildman–Crippen LogP) is 4.02. The predicted molar refractivity (Wildman–Crippen MR) is 99.8 cm³/mol. The summed E-state index contributed by atoms with van der Waals surface area (Å²) in [6, 6.07) is 16.8. The summed E-state index contributed by atoms with van der Waals surface area (Å²) in [5, 5.41) is 0. The van der Waals surface area contributed by atoms with E-state index in [1.165, 1.54) is 11.1 Å². The zero-order valence-electron chi connectivity index (χ0n) is 14.1. The topological polar surface area (TPSA) is 15.7 Å². The number of hydrogen-bond acceptors (Lipinski definition) is 3. The fourth-order valence-corrected chi connectivity index (χ4v) is 2.97. The first kappa shape index (κ1) is 18.0. The maximum atomic E-state index is 5.50. The average Bonchev–Trinajstić information content (AvgIpc) is 2.53. The highest BCUT2D eigenvalue weighted by molar-refractivity contribution is 9.10. The molecule has 0 amide bonds. The molecule has 0 spiro atoms. The number of methoxy groups -OCH3 is 1. The lowest BCUT2D eigenvalue weighted by atomic mass is 10.1. The molecule has 124 valence electrons. The molecule has 4 heteroatoms. The molecule has 0 unspecified atom stereocenters. The Morgan fingerprint density at radius 2 is 1.74 bits per heavy atom. The molecule has 0 N–H and O–H groups in total. The van der Waals surface area contributed by atoms with Crippen LogP contribution in [0.4, 0.5) is 0 Å². The molecule has 0 saturated carbocycles. The Hall–Kier alpha value is -1.36. The van der Waals surface area contributed by atoms with Crippen molar-refractivity contribution in [2.24, 2.45) is 0 Å². The van der Waals surface area contributed by atoms with Gasteiger partial charge in [0.1, 0.15) is 5.75 Å². The Kier molecular flexibility index (Phi) is 7.09. The van der Waals surface area contributed by atoms with Crippen molar-refractivity contribution in [3.05, 3.63) is 64.1 Å². The van der Waals surface area contributed by atoms with Crippen molar-refractivity contribution in [2.45, 2.75) is 13.1 Å². The van der Waals surface area contributed by atoms with Gasteiger partial charge in [-0.25, -0.2) is 0 Å². The van der Waals surface area contributed by atoms with Crippen molar-refractivity contribution < 1.29 is 4.74 Å². The van der Waals surface area contributed by atoms with Gasteiger partial charge in [-0.1, -0.05) is 46.3 Å². The van der Waals surface area contributed by atoms with Crippen LogP contribution < -0.4 is 4.74 Å². The fraction of sp³-hybridized carbons (Fsp3) is 0.368. The lowest BCUT2D eigenvalue weighted by Crippen LogP contribution is -2.31. The highest BCUT2D eigenvalue weighted by Gasteiger charge is 2.11. The van der Waals surface area contributed by atoms with Gasteiger partial charge in [0.15, 0.2) is 0 Å². The molecule has 23 heavy (non-hydrogen) atoms. The molecule has 0 saturated heterocycles. The van der Waals surface area contributed by atoms with E-state index in [-0.39, 0.29) is 0 Å². The zero-order valence-corrected chi connectivity index (χ0v) is 15.7. The largest absolute Gasteiger partial charge is 0.496 e. The number of ether oxygens (including phenoxy) is 1. The SMILES string of the molecule is COc1ccccc1CN(CCN(C)C)Cc1cccc(Br)c1. The van der Waals surface area contributed by atoms with E-state index in [1.807, 2.05) is 12.1 Å². The van der Waals surface area contributed by atoms with E-state index in [2.05, 4.69) is 76.2 Å². The summed E-state index contributed by atoms with van der Waals surface area (Å²) in [6.45, 7) is 3.84. The van der Waals surface area contributed by atoms with Gasteiger partial charge in [-0.2, -0.15) is 0 Å². The minimum atomic E-state index is 0.879. The molecule has 0 aliphatic rings. The van der Waals surface area contributed by atoms with Crippen LogP contribution >= 0.6 is 15.9 Å². The molecular weight excluding hydrogens is 352 g/mol. The number of hydrogen-bond donors (Lipinski definition) is 0. The summed E-state index contributed by atoms with van der Waals surface area (Å²) in [4.78, 5) is 4.68. The van der Waals surface area contributed by atoms with Crippen molar-refractivity contribution in [1.82, 2.24) is 9.80 Å². The van der Waals surface area contributed by atoms with Crippen molar-refractivity contribution in [3.8, 4) is 5.75 Å². The maximum absolute atomic E-state index is 5.50. The molecule has 3 nitrogen and oxygen atoms in total. The molecule has 0 heterocycles. The molecular formula is C19H25BrN2O. The van der Waals surface area contributed by atoms with Gasteiger partial charge in [0.2, 0.25) is 0 Å². The summed E-state index contributed by atoms with van der Waals surface area (Å²) in [7, 11) is 5.96. The summed E-state index contributed by atoms with van der Waals surface area (Å²) in [5.41, 5.74) is 2.54. The second-order valence-electron chi connectivity index (χ2n) is 5.96. The van der Waals surface area contributed by atoms with E-state index in [0.29, 0.717) is 0 Å². The molecule has 2 aromatic rings. The van der Waals surface area contributed by atoms with Crippen LogP contribution in [0.3, 0.4) is 0 Å². The second kappa shape index (κ2) is 9.06. The van der Waals surface area contributed by atoms with E-state index in [9.17, 15) is 0 Å². The molecule has 0 bridgehead atoms. The quantitative estimate of drug-likeness (QED) is 0.691. The smallest absolute Gasteiger partial charge is 0.123 e. The normalized spacial score (nSPS) is 11.2. The summed E-state index contributed by atoms with van der Waals surface area (Å²) < 4.78 is 6.62. The minimum absolute atomic E-state index is 0.879. The summed E-state index contributed by atoms with van der Waals surface area (Å²) in [5.74, 6) is 0.955. The fourth-order valence-electron chi connectivity index (χ4n) is 2.52. The Balaban J connectivity index is 2.13. The lowest BCUT2D eigenvalue weighted by Gasteiger charge is -2.25. The van der Waals surface area contributed by atoms with E-state index in [4.69, 9.17) is 4.74 Å². The number of rotatable bonds is 8. The number of benzene rings is 2. The molecule has 0 fully saturated rings. The molecule has 0 aliphatic carbocycles. The third kappa shape index (κ3) is 5.98. The third-order valence-corrected chi connectivity index (χ3v) is 4.24. The Morgan fingerprint density at radius 3 is 2.43 bits per heavy atom. The standard InChI is InChI=1S/C19H25BrN2O/c1-21(2)11-12-22(14-16-7-6-9-18(20)13-16)15-17-8-4-5-10-19(17)23-3/h4-10,13H,11-12,14-15H2,1-3H3. The first-order valence-corrected chi connectivity index (χ1v) is 8.61.